The Balaban J connectivity index is 1.46. The first kappa shape index (κ1) is 18.7. The summed E-state index contributed by atoms with van der Waals surface area (Å²) in [5, 5.41) is 11.8. The zero-order chi connectivity index (χ0) is 20.7. The van der Waals surface area contributed by atoms with E-state index >= 15 is 0 Å². The zero-order valence-electron chi connectivity index (χ0n) is 16.3. The number of benzene rings is 2. The van der Waals surface area contributed by atoms with Gasteiger partial charge in [0, 0.05) is 46.9 Å². The molecular weight excluding hydrogens is 383 g/mol. The fraction of sp³-hybridized carbons (Fsp3) is 0.261. The highest BCUT2D eigenvalue weighted by molar-refractivity contribution is 5.92. The van der Waals surface area contributed by atoms with Crippen molar-refractivity contribution in [2.45, 2.75) is 24.7 Å². The van der Waals surface area contributed by atoms with E-state index in [1.807, 2.05) is 12.1 Å². The van der Waals surface area contributed by atoms with Crippen LogP contribution in [0.3, 0.4) is 0 Å². The highest BCUT2D eigenvalue weighted by atomic mass is 19.1. The maximum absolute atomic E-state index is 14.1. The molecule has 30 heavy (non-hydrogen) atoms. The quantitative estimate of drug-likeness (QED) is 0.677. The number of halogens is 1. The van der Waals surface area contributed by atoms with Gasteiger partial charge in [-0.25, -0.2) is 14.4 Å². The van der Waals surface area contributed by atoms with E-state index in [-0.39, 0.29) is 30.2 Å². The van der Waals surface area contributed by atoms with E-state index in [0.717, 1.165) is 25.1 Å². The molecule has 0 saturated heterocycles. The van der Waals surface area contributed by atoms with E-state index in [0.29, 0.717) is 22.8 Å². The number of rotatable bonds is 5. The Kier molecular flexibility index (Phi) is 4.47. The zero-order valence-corrected chi connectivity index (χ0v) is 16.3. The van der Waals surface area contributed by atoms with Gasteiger partial charge in [-0.15, -0.1) is 0 Å². The number of amides is 1. The second-order valence-corrected chi connectivity index (χ2v) is 7.87. The summed E-state index contributed by atoms with van der Waals surface area (Å²) < 4.78 is 14.1. The lowest BCUT2D eigenvalue weighted by atomic mass is 9.98. The summed E-state index contributed by atoms with van der Waals surface area (Å²) in [4.78, 5) is 23.0. The lowest BCUT2D eigenvalue weighted by molar-refractivity contribution is -0.116. The number of hydrogen-bond donors (Lipinski definition) is 2. The van der Waals surface area contributed by atoms with Crippen molar-refractivity contribution in [3.8, 4) is 11.1 Å². The van der Waals surface area contributed by atoms with Crippen LogP contribution >= 0.6 is 0 Å². The molecule has 0 radical (unpaired) electrons. The Bertz CT molecular complexity index is 1110. The molecule has 1 aliphatic carbocycles. The number of anilines is 3. The third kappa shape index (κ3) is 3.21. The van der Waals surface area contributed by atoms with Crippen LogP contribution < -0.4 is 10.2 Å². The predicted octanol–water partition coefficient (Wildman–Crippen LogP) is 3.79. The lowest BCUT2D eigenvalue weighted by Gasteiger charge is -2.18. The second kappa shape index (κ2) is 7.18. The summed E-state index contributed by atoms with van der Waals surface area (Å²) in [6.45, 7) is 0.601. The number of aliphatic hydroxyl groups is 1. The van der Waals surface area contributed by atoms with Gasteiger partial charge in [0.15, 0.2) is 0 Å². The van der Waals surface area contributed by atoms with Crippen molar-refractivity contribution in [2.75, 3.05) is 23.4 Å². The van der Waals surface area contributed by atoms with E-state index in [1.54, 1.807) is 30.6 Å². The molecular formula is C23H21FN4O2. The topological polar surface area (TPSA) is 78.4 Å². The molecule has 2 aliphatic rings. The average molecular weight is 404 g/mol. The molecule has 0 unspecified atom stereocenters. The van der Waals surface area contributed by atoms with Crippen molar-refractivity contribution in [1.29, 1.82) is 0 Å². The SMILES string of the molecule is O=C(CCO)Nc1ccc2c(c1)N(c1ncc(-c3ccccc3F)cn1)CC21CC1. The minimum Gasteiger partial charge on any atom is -0.396 e. The van der Waals surface area contributed by atoms with Crippen LogP contribution in [0.5, 0.6) is 0 Å². The predicted molar refractivity (Wildman–Crippen MR) is 112 cm³/mol. The molecule has 7 heteroatoms. The van der Waals surface area contributed by atoms with Crippen molar-refractivity contribution in [1.82, 2.24) is 9.97 Å². The van der Waals surface area contributed by atoms with Gasteiger partial charge in [0.25, 0.3) is 0 Å². The van der Waals surface area contributed by atoms with Gasteiger partial charge in [-0.2, -0.15) is 0 Å². The fourth-order valence-corrected chi connectivity index (χ4v) is 4.13. The van der Waals surface area contributed by atoms with Crippen molar-refractivity contribution < 1.29 is 14.3 Å². The summed E-state index contributed by atoms with van der Waals surface area (Å²) in [5.74, 6) is 0.0214. The van der Waals surface area contributed by atoms with Gasteiger partial charge in [0.05, 0.1) is 13.0 Å². The third-order valence-corrected chi connectivity index (χ3v) is 5.86. The number of aromatic nitrogens is 2. The van der Waals surface area contributed by atoms with Crippen LogP contribution in [0.2, 0.25) is 0 Å². The monoisotopic (exact) mass is 404 g/mol. The molecule has 0 atom stereocenters. The van der Waals surface area contributed by atoms with Crippen LogP contribution in [0.4, 0.5) is 21.7 Å². The van der Waals surface area contributed by atoms with Gasteiger partial charge >= 0.3 is 0 Å². The highest BCUT2D eigenvalue weighted by Gasteiger charge is 2.52. The maximum atomic E-state index is 14.1. The first-order chi connectivity index (χ1) is 14.6. The summed E-state index contributed by atoms with van der Waals surface area (Å²) in [7, 11) is 0. The first-order valence-corrected chi connectivity index (χ1v) is 9.99. The molecule has 1 aromatic heterocycles. The number of nitrogens with zero attached hydrogens (tertiary/aromatic N) is 3. The molecule has 5 rings (SSSR count). The Labute approximate surface area is 173 Å². The molecule has 2 aromatic carbocycles. The van der Waals surface area contributed by atoms with Crippen LogP contribution in [0, 0.1) is 5.82 Å². The number of fused-ring (bicyclic) bond motifs is 2. The molecule has 2 N–H and O–H groups in total. The van der Waals surface area contributed by atoms with Crippen LogP contribution in [0.15, 0.2) is 54.9 Å². The van der Waals surface area contributed by atoms with Gasteiger partial charge in [-0.05, 0) is 36.6 Å². The average Bonchev–Trinajstić information content (AvgIpc) is 3.46. The number of nitrogens with one attached hydrogen (secondary N) is 1. The largest absolute Gasteiger partial charge is 0.396 e. The van der Waals surface area contributed by atoms with Crippen LogP contribution in [0.25, 0.3) is 11.1 Å². The Morgan fingerprint density at radius 3 is 2.63 bits per heavy atom. The van der Waals surface area contributed by atoms with Crippen LogP contribution in [-0.2, 0) is 10.2 Å². The molecule has 152 valence electrons. The van der Waals surface area contributed by atoms with Gasteiger partial charge < -0.3 is 15.3 Å². The van der Waals surface area contributed by atoms with Crippen molar-refractivity contribution in [3.63, 3.8) is 0 Å². The number of carbonyl (C=O) groups is 1. The maximum Gasteiger partial charge on any atom is 0.229 e. The normalized spacial score (nSPS) is 15.9. The molecule has 1 fully saturated rings. The molecule has 2 heterocycles. The first-order valence-electron chi connectivity index (χ1n) is 9.99. The molecule has 1 saturated carbocycles. The molecule has 1 spiro atoms. The Morgan fingerprint density at radius 1 is 1.17 bits per heavy atom. The fourth-order valence-electron chi connectivity index (χ4n) is 4.13. The Morgan fingerprint density at radius 2 is 1.93 bits per heavy atom. The summed E-state index contributed by atoms with van der Waals surface area (Å²) in [5.41, 5.74) is 4.12. The smallest absolute Gasteiger partial charge is 0.229 e. The number of carbonyl (C=O) groups excluding carboxylic acids is 1. The van der Waals surface area contributed by atoms with Crippen molar-refractivity contribution in [3.05, 3.63) is 66.2 Å². The van der Waals surface area contributed by atoms with E-state index < -0.39 is 0 Å². The van der Waals surface area contributed by atoms with Crippen LogP contribution in [-0.4, -0.2) is 34.1 Å². The Hall–Kier alpha value is -3.32. The van der Waals surface area contributed by atoms with E-state index in [4.69, 9.17) is 5.11 Å². The number of aliphatic hydroxyl groups excluding tert-OH is 1. The number of hydrogen-bond acceptors (Lipinski definition) is 5. The minimum atomic E-state index is -0.305. The summed E-state index contributed by atoms with van der Waals surface area (Å²) in [6.07, 6.45) is 5.57. The molecule has 6 nitrogen and oxygen atoms in total. The molecule has 0 bridgehead atoms. The lowest BCUT2D eigenvalue weighted by Crippen LogP contribution is -2.21. The van der Waals surface area contributed by atoms with E-state index in [2.05, 4.69) is 26.3 Å². The second-order valence-electron chi connectivity index (χ2n) is 7.87. The van der Waals surface area contributed by atoms with Crippen molar-refractivity contribution >= 4 is 23.2 Å². The highest BCUT2D eigenvalue weighted by Crippen LogP contribution is 2.58. The van der Waals surface area contributed by atoms with Gasteiger partial charge in [0.2, 0.25) is 11.9 Å². The minimum absolute atomic E-state index is 0.0609. The van der Waals surface area contributed by atoms with Gasteiger partial charge in [-0.3, -0.25) is 4.79 Å². The van der Waals surface area contributed by atoms with E-state index in [9.17, 15) is 9.18 Å². The molecule has 1 amide bonds. The molecule has 1 aliphatic heterocycles. The molecule has 3 aromatic rings. The van der Waals surface area contributed by atoms with Crippen LogP contribution in [0.1, 0.15) is 24.8 Å². The standard InChI is InChI=1S/C23H21FN4O2/c24-19-4-2-1-3-17(19)15-12-25-22(26-13-15)28-14-23(8-9-23)18-6-5-16(11-20(18)28)27-21(30)7-10-29/h1-6,11-13,29H,7-10,14H2,(H,27,30). The third-order valence-electron chi connectivity index (χ3n) is 5.86. The summed E-state index contributed by atoms with van der Waals surface area (Å²) >= 11 is 0. The van der Waals surface area contributed by atoms with Gasteiger partial charge in [-0.1, -0.05) is 24.3 Å². The van der Waals surface area contributed by atoms with Crippen molar-refractivity contribution in [2.24, 2.45) is 0 Å². The summed E-state index contributed by atoms with van der Waals surface area (Å²) in [6, 6.07) is 12.5. The van der Waals surface area contributed by atoms with E-state index in [1.165, 1.54) is 11.6 Å². The van der Waals surface area contributed by atoms with Gasteiger partial charge in [0.1, 0.15) is 5.82 Å².